The molecular weight excluding hydrogens is 154 g/mol. The Balaban J connectivity index is 2.89. The van der Waals surface area contributed by atoms with Gasteiger partial charge in [0.15, 0.2) is 0 Å². The highest BCUT2D eigenvalue weighted by molar-refractivity contribution is 5.84. The van der Waals surface area contributed by atoms with E-state index < -0.39 is 11.5 Å². The molecule has 0 bridgehead atoms. The largest absolute Gasteiger partial charge is 0.550 e. The summed E-state index contributed by atoms with van der Waals surface area (Å²) in [7, 11) is 0. The SMILES string of the molecule is CC1=C(C)C(C)(CC(=O)[O-])N=C1. The number of carbonyl (C=O) groups is 1. The summed E-state index contributed by atoms with van der Waals surface area (Å²) >= 11 is 0. The number of carboxylic acid groups (broad SMARTS) is 1. The third-order valence-corrected chi connectivity index (χ3v) is 2.43. The molecule has 0 N–H and O–H groups in total. The second-order valence-corrected chi connectivity index (χ2v) is 3.39. The van der Waals surface area contributed by atoms with E-state index in [-0.39, 0.29) is 6.42 Å². The van der Waals surface area contributed by atoms with E-state index in [1.54, 1.807) is 6.21 Å². The summed E-state index contributed by atoms with van der Waals surface area (Å²) in [4.78, 5) is 14.6. The predicted octanol–water partition coefficient (Wildman–Crippen LogP) is 0.306. The molecule has 1 aliphatic rings. The molecule has 0 saturated heterocycles. The van der Waals surface area contributed by atoms with Gasteiger partial charge < -0.3 is 9.90 Å². The maximum atomic E-state index is 10.4. The van der Waals surface area contributed by atoms with Crippen molar-refractivity contribution in [2.45, 2.75) is 32.7 Å². The molecule has 3 nitrogen and oxygen atoms in total. The van der Waals surface area contributed by atoms with Crippen LogP contribution in [0.4, 0.5) is 0 Å². The van der Waals surface area contributed by atoms with Crippen LogP contribution in [-0.4, -0.2) is 17.7 Å². The van der Waals surface area contributed by atoms with Gasteiger partial charge in [0.2, 0.25) is 0 Å². The number of rotatable bonds is 2. The summed E-state index contributed by atoms with van der Waals surface area (Å²) in [6, 6.07) is 0. The first kappa shape index (κ1) is 8.97. The summed E-state index contributed by atoms with van der Waals surface area (Å²) in [6.07, 6.45) is 1.69. The fourth-order valence-corrected chi connectivity index (χ4v) is 1.32. The fourth-order valence-electron chi connectivity index (χ4n) is 1.32. The average Bonchev–Trinajstić information content (AvgIpc) is 2.16. The van der Waals surface area contributed by atoms with Crippen molar-refractivity contribution in [3.05, 3.63) is 11.1 Å². The second kappa shape index (κ2) is 2.73. The highest BCUT2D eigenvalue weighted by Crippen LogP contribution is 2.31. The minimum absolute atomic E-state index is 0.0350. The zero-order chi connectivity index (χ0) is 9.35. The number of carbonyl (C=O) groups excluding carboxylic acids is 1. The second-order valence-electron chi connectivity index (χ2n) is 3.39. The molecule has 66 valence electrons. The lowest BCUT2D eigenvalue weighted by atomic mass is 9.90. The molecule has 0 saturated carbocycles. The quantitative estimate of drug-likeness (QED) is 0.592. The van der Waals surface area contributed by atoms with Crippen molar-refractivity contribution >= 4 is 12.2 Å². The number of aliphatic carboxylic acids is 1. The topological polar surface area (TPSA) is 52.5 Å². The lowest BCUT2D eigenvalue weighted by molar-refractivity contribution is -0.306. The highest BCUT2D eigenvalue weighted by atomic mass is 16.4. The lowest BCUT2D eigenvalue weighted by Gasteiger charge is -2.23. The number of aliphatic imine (C=N–C) groups is 1. The normalized spacial score (nSPS) is 28.2. The van der Waals surface area contributed by atoms with Crippen molar-refractivity contribution in [2.24, 2.45) is 4.99 Å². The van der Waals surface area contributed by atoms with E-state index >= 15 is 0 Å². The van der Waals surface area contributed by atoms with Crippen molar-refractivity contribution in [2.75, 3.05) is 0 Å². The molecular formula is C9H12NO2-. The van der Waals surface area contributed by atoms with Gasteiger partial charge in [-0.2, -0.15) is 0 Å². The maximum Gasteiger partial charge on any atom is 0.0844 e. The molecule has 1 heterocycles. The minimum atomic E-state index is -1.05. The van der Waals surface area contributed by atoms with Crippen LogP contribution in [0.1, 0.15) is 27.2 Å². The molecule has 0 aromatic rings. The van der Waals surface area contributed by atoms with E-state index in [1.165, 1.54) is 0 Å². The summed E-state index contributed by atoms with van der Waals surface area (Å²) in [5, 5.41) is 10.4. The molecule has 1 unspecified atom stereocenters. The van der Waals surface area contributed by atoms with Crippen LogP contribution in [0.25, 0.3) is 0 Å². The monoisotopic (exact) mass is 166 g/mol. The predicted molar refractivity (Wildman–Crippen MR) is 44.9 cm³/mol. The molecule has 1 rings (SSSR count). The number of hydrogen-bond acceptors (Lipinski definition) is 3. The van der Waals surface area contributed by atoms with Gasteiger partial charge >= 0.3 is 0 Å². The Bertz CT molecular complexity index is 278. The average molecular weight is 166 g/mol. The highest BCUT2D eigenvalue weighted by Gasteiger charge is 2.29. The third kappa shape index (κ3) is 1.40. The molecule has 0 fully saturated rings. The Morgan fingerprint density at radius 1 is 1.67 bits per heavy atom. The van der Waals surface area contributed by atoms with Crippen LogP contribution in [0.5, 0.6) is 0 Å². The number of hydrogen-bond donors (Lipinski definition) is 0. The fraction of sp³-hybridized carbons (Fsp3) is 0.556. The van der Waals surface area contributed by atoms with Crippen LogP contribution in [0, 0.1) is 0 Å². The number of carboxylic acids is 1. The molecule has 0 spiro atoms. The van der Waals surface area contributed by atoms with Gasteiger partial charge in [-0.25, -0.2) is 0 Å². The van der Waals surface area contributed by atoms with Gasteiger partial charge in [0.05, 0.1) is 5.54 Å². The van der Waals surface area contributed by atoms with Crippen LogP contribution < -0.4 is 5.11 Å². The van der Waals surface area contributed by atoms with Gasteiger partial charge in [0, 0.05) is 18.6 Å². The zero-order valence-electron chi connectivity index (χ0n) is 7.55. The Morgan fingerprint density at radius 2 is 2.25 bits per heavy atom. The summed E-state index contributed by atoms with van der Waals surface area (Å²) < 4.78 is 0. The smallest absolute Gasteiger partial charge is 0.0844 e. The molecule has 0 aromatic carbocycles. The van der Waals surface area contributed by atoms with E-state index in [9.17, 15) is 9.90 Å². The maximum absolute atomic E-state index is 10.4. The Morgan fingerprint density at radius 3 is 2.58 bits per heavy atom. The number of allylic oxidation sites excluding steroid dienone is 1. The zero-order valence-corrected chi connectivity index (χ0v) is 7.55. The van der Waals surface area contributed by atoms with Crippen molar-refractivity contribution in [3.8, 4) is 0 Å². The van der Waals surface area contributed by atoms with E-state index in [0.29, 0.717) is 0 Å². The van der Waals surface area contributed by atoms with Gasteiger partial charge in [-0.1, -0.05) is 0 Å². The van der Waals surface area contributed by atoms with Gasteiger partial charge in [-0.05, 0) is 31.9 Å². The summed E-state index contributed by atoms with van der Waals surface area (Å²) in [5.41, 5.74) is 1.51. The summed E-state index contributed by atoms with van der Waals surface area (Å²) in [6.45, 7) is 5.65. The molecule has 12 heavy (non-hydrogen) atoms. The van der Waals surface area contributed by atoms with Crippen molar-refractivity contribution in [3.63, 3.8) is 0 Å². The van der Waals surface area contributed by atoms with Crippen LogP contribution in [0.15, 0.2) is 16.1 Å². The van der Waals surface area contributed by atoms with Gasteiger partial charge in [-0.3, -0.25) is 4.99 Å². The molecule has 0 radical (unpaired) electrons. The minimum Gasteiger partial charge on any atom is -0.550 e. The van der Waals surface area contributed by atoms with Crippen molar-refractivity contribution in [1.82, 2.24) is 0 Å². The van der Waals surface area contributed by atoms with E-state index in [4.69, 9.17) is 0 Å². The third-order valence-electron chi connectivity index (χ3n) is 2.43. The lowest BCUT2D eigenvalue weighted by Crippen LogP contribution is -2.33. The van der Waals surface area contributed by atoms with E-state index in [2.05, 4.69) is 4.99 Å². The molecule has 1 aliphatic heterocycles. The standard InChI is InChI=1S/C9H13NO2/c1-6-5-10-9(3,7(6)2)4-8(11)12/h5H,4H2,1-3H3,(H,11,12)/p-1. The van der Waals surface area contributed by atoms with Gasteiger partial charge in [-0.15, -0.1) is 0 Å². The first-order valence-corrected chi connectivity index (χ1v) is 3.89. The van der Waals surface area contributed by atoms with Gasteiger partial charge in [0.1, 0.15) is 0 Å². The van der Waals surface area contributed by atoms with Crippen LogP contribution in [-0.2, 0) is 4.79 Å². The van der Waals surface area contributed by atoms with Crippen molar-refractivity contribution in [1.29, 1.82) is 0 Å². The van der Waals surface area contributed by atoms with Gasteiger partial charge in [0.25, 0.3) is 0 Å². The van der Waals surface area contributed by atoms with E-state index in [1.807, 2.05) is 20.8 Å². The Labute approximate surface area is 71.8 Å². The number of nitrogens with zero attached hydrogens (tertiary/aromatic N) is 1. The Hall–Kier alpha value is -1.12. The van der Waals surface area contributed by atoms with Crippen LogP contribution in [0.2, 0.25) is 0 Å². The first-order valence-electron chi connectivity index (χ1n) is 3.89. The molecule has 0 aliphatic carbocycles. The molecule has 0 aromatic heterocycles. The van der Waals surface area contributed by atoms with Crippen LogP contribution >= 0.6 is 0 Å². The Kier molecular flexibility index (Phi) is 2.04. The molecule has 3 heteroatoms. The molecule has 1 atom stereocenters. The molecule has 0 amide bonds. The van der Waals surface area contributed by atoms with E-state index in [0.717, 1.165) is 11.1 Å². The first-order chi connectivity index (χ1) is 5.46. The summed E-state index contributed by atoms with van der Waals surface area (Å²) in [5.74, 6) is -1.05. The van der Waals surface area contributed by atoms with Crippen LogP contribution in [0.3, 0.4) is 0 Å². The van der Waals surface area contributed by atoms with Crippen molar-refractivity contribution < 1.29 is 9.90 Å².